The molecule has 0 amide bonds. The van der Waals surface area contributed by atoms with Gasteiger partial charge in [0, 0.05) is 0 Å². The Morgan fingerprint density at radius 3 is 2.68 bits per heavy atom. The zero-order chi connectivity index (χ0) is 14.1. The molecule has 1 fully saturated rings. The number of benzene rings is 1. The molecule has 19 heavy (non-hydrogen) atoms. The predicted octanol–water partition coefficient (Wildman–Crippen LogP) is 3.24. The summed E-state index contributed by atoms with van der Waals surface area (Å²) < 4.78 is 53.7. The highest BCUT2D eigenvalue weighted by Gasteiger charge is 2.33. The van der Waals surface area contributed by atoms with Crippen LogP contribution in [0.1, 0.15) is 19.4 Å². The molecule has 1 heterocycles. The van der Waals surface area contributed by atoms with E-state index in [1.807, 2.05) is 0 Å². The Kier molecular flexibility index (Phi) is 3.73. The van der Waals surface area contributed by atoms with Gasteiger partial charge in [-0.25, -0.2) is 0 Å². The topological polar surface area (TPSA) is 27.7 Å². The molecule has 1 aliphatic rings. The summed E-state index contributed by atoms with van der Waals surface area (Å²) in [6.45, 7) is 4.07. The highest BCUT2D eigenvalue weighted by atomic mass is 19.4. The maximum Gasteiger partial charge on any atom is 0.416 e. The van der Waals surface area contributed by atoms with Crippen molar-refractivity contribution < 1.29 is 27.4 Å². The fraction of sp³-hybridized carbons (Fsp3) is 0.538. The van der Waals surface area contributed by atoms with Crippen LogP contribution in [0.25, 0.3) is 0 Å². The smallest absolute Gasteiger partial charge is 0.416 e. The lowest BCUT2D eigenvalue weighted by atomic mass is 10.2. The largest absolute Gasteiger partial charge is 0.491 e. The van der Waals surface area contributed by atoms with E-state index in [4.69, 9.17) is 14.2 Å². The molecule has 3 nitrogen and oxygen atoms in total. The lowest BCUT2D eigenvalue weighted by Crippen LogP contribution is -2.25. The second kappa shape index (κ2) is 5.02. The average Bonchev–Trinajstić information content (AvgIpc) is 2.66. The molecule has 0 spiro atoms. The molecule has 0 aromatic heterocycles. The predicted molar refractivity (Wildman–Crippen MR) is 61.8 cm³/mol. The van der Waals surface area contributed by atoms with Crippen LogP contribution in [0.2, 0.25) is 0 Å². The highest BCUT2D eigenvalue weighted by molar-refractivity contribution is 5.30. The second-order valence-electron chi connectivity index (χ2n) is 4.79. The minimum absolute atomic E-state index is 0.157. The number of hydrogen-bond donors (Lipinski definition) is 0. The summed E-state index contributed by atoms with van der Waals surface area (Å²) in [7, 11) is 0. The monoisotopic (exact) mass is 276 g/mol. The first-order chi connectivity index (χ1) is 8.76. The third-order valence-electron chi connectivity index (χ3n) is 2.66. The molecule has 1 unspecified atom stereocenters. The van der Waals surface area contributed by atoms with E-state index >= 15 is 0 Å². The Hall–Kier alpha value is -1.27. The van der Waals surface area contributed by atoms with Crippen LogP contribution in [0.15, 0.2) is 24.3 Å². The molecule has 0 aliphatic carbocycles. The van der Waals surface area contributed by atoms with Crippen LogP contribution in [0.3, 0.4) is 0 Å². The van der Waals surface area contributed by atoms with Crippen LogP contribution in [0, 0.1) is 0 Å². The molecule has 6 heteroatoms. The number of rotatable bonds is 3. The van der Waals surface area contributed by atoms with Crippen molar-refractivity contribution in [2.75, 3.05) is 13.2 Å². The number of ether oxygens (including phenoxy) is 3. The van der Waals surface area contributed by atoms with Crippen molar-refractivity contribution in [3.63, 3.8) is 0 Å². The zero-order valence-corrected chi connectivity index (χ0v) is 10.7. The molecule has 1 aromatic rings. The second-order valence-corrected chi connectivity index (χ2v) is 4.79. The van der Waals surface area contributed by atoms with Crippen molar-refractivity contribution >= 4 is 0 Å². The Bertz CT molecular complexity index is 443. The van der Waals surface area contributed by atoms with Crippen molar-refractivity contribution in [3.05, 3.63) is 29.8 Å². The standard InChI is InChI=1S/C13H15F3O3/c1-12(2)18-8-11(19-12)7-17-10-5-3-4-9(6-10)13(14,15)16/h3-6,11H,7-8H2,1-2H3. The molecule has 0 bridgehead atoms. The number of hydrogen-bond acceptors (Lipinski definition) is 3. The van der Waals surface area contributed by atoms with E-state index in [1.54, 1.807) is 13.8 Å². The summed E-state index contributed by atoms with van der Waals surface area (Å²) in [5.41, 5.74) is -0.728. The summed E-state index contributed by atoms with van der Waals surface area (Å²) in [6.07, 6.45) is -4.64. The fourth-order valence-corrected chi connectivity index (χ4v) is 1.80. The highest BCUT2D eigenvalue weighted by Crippen LogP contribution is 2.31. The van der Waals surface area contributed by atoms with Crippen LogP contribution in [0.5, 0.6) is 5.75 Å². The van der Waals surface area contributed by atoms with E-state index < -0.39 is 17.5 Å². The van der Waals surface area contributed by atoms with Crippen LogP contribution in [-0.4, -0.2) is 25.1 Å². The lowest BCUT2D eigenvalue weighted by molar-refractivity contribution is -0.141. The van der Waals surface area contributed by atoms with Gasteiger partial charge < -0.3 is 14.2 Å². The molecule has 1 saturated heterocycles. The molecular weight excluding hydrogens is 261 g/mol. The van der Waals surface area contributed by atoms with Gasteiger partial charge in [0.15, 0.2) is 5.79 Å². The molecular formula is C13H15F3O3. The molecule has 0 N–H and O–H groups in total. The molecule has 0 saturated carbocycles. The van der Waals surface area contributed by atoms with E-state index in [2.05, 4.69) is 0 Å². The fourth-order valence-electron chi connectivity index (χ4n) is 1.80. The van der Waals surface area contributed by atoms with Gasteiger partial charge in [0.05, 0.1) is 12.2 Å². The Balaban J connectivity index is 1.94. The third kappa shape index (κ3) is 3.84. The maximum absolute atomic E-state index is 12.5. The molecule has 0 radical (unpaired) electrons. The van der Waals surface area contributed by atoms with Crippen LogP contribution < -0.4 is 4.74 Å². The van der Waals surface area contributed by atoms with Crippen molar-refractivity contribution in [2.24, 2.45) is 0 Å². The van der Waals surface area contributed by atoms with Gasteiger partial charge in [-0.05, 0) is 32.0 Å². The zero-order valence-electron chi connectivity index (χ0n) is 10.7. The quantitative estimate of drug-likeness (QED) is 0.848. The maximum atomic E-state index is 12.5. The Morgan fingerprint density at radius 1 is 1.37 bits per heavy atom. The molecule has 1 atom stereocenters. The number of halogens is 3. The lowest BCUT2D eigenvalue weighted by Gasteiger charge is -2.17. The van der Waals surface area contributed by atoms with E-state index in [-0.39, 0.29) is 18.5 Å². The Morgan fingerprint density at radius 2 is 2.11 bits per heavy atom. The van der Waals surface area contributed by atoms with Gasteiger partial charge in [-0.2, -0.15) is 13.2 Å². The first-order valence-corrected chi connectivity index (χ1v) is 5.88. The summed E-state index contributed by atoms with van der Waals surface area (Å²) in [4.78, 5) is 0. The first kappa shape index (κ1) is 14.1. The van der Waals surface area contributed by atoms with E-state index in [9.17, 15) is 13.2 Å². The molecule has 1 aliphatic heterocycles. The van der Waals surface area contributed by atoms with Gasteiger partial charge in [0.2, 0.25) is 0 Å². The Labute approximate surface area is 109 Å². The molecule has 1 aromatic carbocycles. The average molecular weight is 276 g/mol. The third-order valence-corrected chi connectivity index (χ3v) is 2.66. The molecule has 106 valence electrons. The summed E-state index contributed by atoms with van der Waals surface area (Å²) in [5.74, 6) is -0.495. The van der Waals surface area contributed by atoms with Crippen molar-refractivity contribution in [1.29, 1.82) is 0 Å². The first-order valence-electron chi connectivity index (χ1n) is 5.88. The summed E-state index contributed by atoms with van der Waals surface area (Å²) in [5, 5.41) is 0. The van der Waals surface area contributed by atoms with Crippen molar-refractivity contribution in [1.82, 2.24) is 0 Å². The summed E-state index contributed by atoms with van der Waals surface area (Å²) in [6, 6.07) is 4.77. The van der Waals surface area contributed by atoms with E-state index in [0.29, 0.717) is 6.61 Å². The SMILES string of the molecule is CC1(C)OCC(COc2cccc(C(F)(F)F)c2)O1. The van der Waals surface area contributed by atoms with Gasteiger partial charge in [-0.1, -0.05) is 6.07 Å². The van der Waals surface area contributed by atoms with Gasteiger partial charge in [-0.15, -0.1) is 0 Å². The normalized spacial score (nSPS) is 22.5. The van der Waals surface area contributed by atoms with E-state index in [0.717, 1.165) is 12.1 Å². The van der Waals surface area contributed by atoms with Crippen LogP contribution in [0.4, 0.5) is 13.2 Å². The summed E-state index contributed by atoms with van der Waals surface area (Å²) >= 11 is 0. The van der Waals surface area contributed by atoms with Crippen LogP contribution in [-0.2, 0) is 15.7 Å². The minimum Gasteiger partial charge on any atom is -0.491 e. The van der Waals surface area contributed by atoms with Gasteiger partial charge in [0.1, 0.15) is 18.5 Å². The molecule has 2 rings (SSSR count). The van der Waals surface area contributed by atoms with E-state index in [1.165, 1.54) is 12.1 Å². The van der Waals surface area contributed by atoms with Crippen molar-refractivity contribution in [2.45, 2.75) is 31.9 Å². The van der Waals surface area contributed by atoms with Crippen molar-refractivity contribution in [3.8, 4) is 5.75 Å². The van der Waals surface area contributed by atoms with Gasteiger partial charge in [-0.3, -0.25) is 0 Å². The van der Waals surface area contributed by atoms with Gasteiger partial charge >= 0.3 is 6.18 Å². The minimum atomic E-state index is -4.37. The number of alkyl halides is 3. The van der Waals surface area contributed by atoms with Crippen LogP contribution >= 0.6 is 0 Å². The van der Waals surface area contributed by atoms with Gasteiger partial charge in [0.25, 0.3) is 0 Å².